The molecular formula is C12H22N4O. The highest BCUT2D eigenvalue weighted by Crippen LogP contribution is 2.26. The molecule has 17 heavy (non-hydrogen) atoms. The SMILES string of the molecule is CC(C)(C)CC(C)(C)NC(=O)c1cc(N)n[nH]1. The monoisotopic (exact) mass is 238 g/mol. The number of anilines is 1. The molecule has 1 amide bonds. The molecule has 0 aliphatic carbocycles. The van der Waals surface area contributed by atoms with E-state index in [0.717, 1.165) is 6.42 Å². The van der Waals surface area contributed by atoms with Gasteiger partial charge in [0.15, 0.2) is 0 Å². The first-order valence-corrected chi connectivity index (χ1v) is 5.72. The quantitative estimate of drug-likeness (QED) is 0.752. The summed E-state index contributed by atoms with van der Waals surface area (Å²) in [6, 6.07) is 1.53. The third-order valence-corrected chi connectivity index (χ3v) is 2.27. The molecule has 96 valence electrons. The molecule has 1 rings (SSSR count). The van der Waals surface area contributed by atoms with Gasteiger partial charge in [-0.2, -0.15) is 5.10 Å². The first-order valence-electron chi connectivity index (χ1n) is 5.72. The predicted molar refractivity (Wildman–Crippen MR) is 68.6 cm³/mol. The van der Waals surface area contributed by atoms with Crippen LogP contribution in [0.15, 0.2) is 6.07 Å². The van der Waals surface area contributed by atoms with E-state index in [2.05, 4.69) is 36.3 Å². The van der Waals surface area contributed by atoms with E-state index in [0.29, 0.717) is 11.5 Å². The van der Waals surface area contributed by atoms with Crippen molar-refractivity contribution in [2.75, 3.05) is 5.73 Å². The molecule has 1 aromatic heterocycles. The van der Waals surface area contributed by atoms with Crippen molar-refractivity contribution >= 4 is 11.7 Å². The first-order chi connectivity index (χ1) is 7.59. The normalized spacial score (nSPS) is 12.5. The maximum Gasteiger partial charge on any atom is 0.269 e. The summed E-state index contributed by atoms with van der Waals surface area (Å²) in [4.78, 5) is 11.9. The van der Waals surface area contributed by atoms with Gasteiger partial charge >= 0.3 is 0 Å². The lowest BCUT2D eigenvalue weighted by Crippen LogP contribution is -2.45. The Bertz CT molecular complexity index is 401. The second-order valence-corrected chi connectivity index (χ2v) is 6.28. The Morgan fingerprint density at radius 3 is 2.41 bits per heavy atom. The molecule has 0 aromatic carbocycles. The van der Waals surface area contributed by atoms with Crippen molar-refractivity contribution in [2.24, 2.45) is 5.41 Å². The predicted octanol–water partition coefficient (Wildman–Crippen LogP) is 1.94. The van der Waals surface area contributed by atoms with Gasteiger partial charge in [-0.15, -0.1) is 0 Å². The fourth-order valence-corrected chi connectivity index (χ4v) is 2.20. The number of nitrogen functional groups attached to an aromatic ring is 1. The summed E-state index contributed by atoms with van der Waals surface area (Å²) in [5.41, 5.74) is 5.74. The second kappa shape index (κ2) is 4.39. The van der Waals surface area contributed by atoms with Crippen molar-refractivity contribution < 1.29 is 4.79 Å². The fraction of sp³-hybridized carbons (Fsp3) is 0.667. The van der Waals surface area contributed by atoms with Crippen molar-refractivity contribution in [3.05, 3.63) is 11.8 Å². The molecule has 0 saturated heterocycles. The van der Waals surface area contributed by atoms with Crippen LogP contribution in [0, 0.1) is 5.41 Å². The number of nitrogens with one attached hydrogen (secondary N) is 2. The van der Waals surface area contributed by atoms with E-state index in [1.807, 2.05) is 13.8 Å². The van der Waals surface area contributed by atoms with E-state index in [1.54, 1.807) is 0 Å². The van der Waals surface area contributed by atoms with Gasteiger partial charge in [-0.3, -0.25) is 9.89 Å². The Morgan fingerprint density at radius 1 is 1.41 bits per heavy atom. The van der Waals surface area contributed by atoms with Crippen LogP contribution in [0.3, 0.4) is 0 Å². The topological polar surface area (TPSA) is 83.8 Å². The van der Waals surface area contributed by atoms with Crippen molar-refractivity contribution in [3.8, 4) is 0 Å². The molecule has 0 atom stereocenters. The lowest BCUT2D eigenvalue weighted by molar-refractivity contribution is 0.0886. The number of rotatable bonds is 3. The molecule has 4 N–H and O–H groups in total. The summed E-state index contributed by atoms with van der Waals surface area (Å²) in [5, 5.41) is 9.31. The minimum atomic E-state index is -0.269. The molecule has 0 saturated carbocycles. The van der Waals surface area contributed by atoms with Gasteiger partial charge in [0.2, 0.25) is 0 Å². The molecule has 0 aliphatic rings. The Kier molecular flexibility index (Phi) is 3.50. The van der Waals surface area contributed by atoms with Crippen LogP contribution in [0.1, 0.15) is 51.5 Å². The number of carbonyl (C=O) groups is 1. The molecule has 0 spiro atoms. The van der Waals surface area contributed by atoms with E-state index in [1.165, 1.54) is 6.07 Å². The summed E-state index contributed by atoms with van der Waals surface area (Å²) < 4.78 is 0. The Balaban J connectivity index is 2.68. The van der Waals surface area contributed by atoms with Crippen LogP contribution in [0.25, 0.3) is 0 Å². The van der Waals surface area contributed by atoms with Crippen molar-refractivity contribution in [1.29, 1.82) is 0 Å². The van der Waals surface area contributed by atoms with Gasteiger partial charge in [-0.05, 0) is 25.7 Å². The van der Waals surface area contributed by atoms with Gasteiger partial charge in [-0.1, -0.05) is 20.8 Å². The van der Waals surface area contributed by atoms with Crippen molar-refractivity contribution in [1.82, 2.24) is 15.5 Å². The Hall–Kier alpha value is -1.52. The lowest BCUT2D eigenvalue weighted by Gasteiger charge is -2.33. The van der Waals surface area contributed by atoms with Gasteiger partial charge in [-0.25, -0.2) is 0 Å². The van der Waals surface area contributed by atoms with Gasteiger partial charge in [0.05, 0.1) is 0 Å². The first kappa shape index (κ1) is 13.5. The number of aromatic nitrogens is 2. The molecule has 1 aromatic rings. The zero-order valence-electron chi connectivity index (χ0n) is 11.2. The van der Waals surface area contributed by atoms with Gasteiger partial charge in [0, 0.05) is 11.6 Å². The number of hydrogen-bond donors (Lipinski definition) is 3. The number of aromatic amines is 1. The number of amides is 1. The molecule has 1 heterocycles. The molecule has 0 bridgehead atoms. The summed E-state index contributed by atoms with van der Waals surface area (Å²) >= 11 is 0. The van der Waals surface area contributed by atoms with Crippen LogP contribution in [0.2, 0.25) is 0 Å². The molecule has 0 radical (unpaired) electrons. The molecule has 0 aliphatic heterocycles. The highest BCUT2D eigenvalue weighted by atomic mass is 16.2. The molecule has 0 fully saturated rings. The second-order valence-electron chi connectivity index (χ2n) is 6.28. The minimum absolute atomic E-state index is 0.157. The standard InChI is InChI=1S/C12H22N4O/c1-11(2,3)7-12(4,5)14-10(17)8-6-9(13)16-15-8/h6H,7H2,1-5H3,(H,14,17)(H3,13,15,16). The number of nitrogens with zero attached hydrogens (tertiary/aromatic N) is 1. The summed E-state index contributed by atoms with van der Waals surface area (Å²) in [5.74, 6) is 0.146. The summed E-state index contributed by atoms with van der Waals surface area (Å²) in [6.07, 6.45) is 0.884. The third kappa shape index (κ3) is 4.46. The van der Waals surface area contributed by atoms with Crippen molar-refractivity contribution in [3.63, 3.8) is 0 Å². The largest absolute Gasteiger partial charge is 0.382 e. The fourth-order valence-electron chi connectivity index (χ4n) is 2.20. The van der Waals surface area contributed by atoms with E-state index in [-0.39, 0.29) is 16.9 Å². The van der Waals surface area contributed by atoms with E-state index >= 15 is 0 Å². The van der Waals surface area contributed by atoms with E-state index in [4.69, 9.17) is 5.73 Å². The Morgan fingerprint density at radius 2 is 2.00 bits per heavy atom. The lowest BCUT2D eigenvalue weighted by atomic mass is 9.82. The number of carbonyl (C=O) groups excluding carboxylic acids is 1. The zero-order valence-corrected chi connectivity index (χ0v) is 11.2. The van der Waals surface area contributed by atoms with Crippen LogP contribution in [0.5, 0.6) is 0 Å². The minimum Gasteiger partial charge on any atom is -0.382 e. The summed E-state index contributed by atoms with van der Waals surface area (Å²) in [7, 11) is 0. The molecular weight excluding hydrogens is 216 g/mol. The molecule has 0 unspecified atom stereocenters. The average molecular weight is 238 g/mol. The smallest absolute Gasteiger partial charge is 0.269 e. The van der Waals surface area contributed by atoms with Crippen LogP contribution in [-0.2, 0) is 0 Å². The number of hydrogen-bond acceptors (Lipinski definition) is 3. The number of H-pyrrole nitrogens is 1. The van der Waals surface area contributed by atoms with Gasteiger partial charge in [0.1, 0.15) is 11.5 Å². The zero-order chi connectivity index (χ0) is 13.3. The van der Waals surface area contributed by atoms with Gasteiger partial charge in [0.25, 0.3) is 5.91 Å². The van der Waals surface area contributed by atoms with Crippen LogP contribution in [-0.4, -0.2) is 21.6 Å². The molecule has 5 heteroatoms. The van der Waals surface area contributed by atoms with E-state index < -0.39 is 0 Å². The molecule has 5 nitrogen and oxygen atoms in total. The average Bonchev–Trinajstić information content (AvgIpc) is 2.45. The van der Waals surface area contributed by atoms with E-state index in [9.17, 15) is 4.79 Å². The maximum atomic E-state index is 11.9. The van der Waals surface area contributed by atoms with Gasteiger partial charge < -0.3 is 11.1 Å². The third-order valence-electron chi connectivity index (χ3n) is 2.27. The highest BCUT2D eigenvalue weighted by Gasteiger charge is 2.27. The Labute approximate surface area is 102 Å². The highest BCUT2D eigenvalue weighted by molar-refractivity contribution is 5.93. The maximum absolute atomic E-state index is 11.9. The summed E-state index contributed by atoms with van der Waals surface area (Å²) in [6.45, 7) is 10.5. The van der Waals surface area contributed by atoms with Crippen LogP contribution < -0.4 is 11.1 Å². The van der Waals surface area contributed by atoms with Crippen LogP contribution >= 0.6 is 0 Å². The van der Waals surface area contributed by atoms with Crippen molar-refractivity contribution in [2.45, 2.75) is 46.6 Å². The van der Waals surface area contributed by atoms with Crippen LogP contribution in [0.4, 0.5) is 5.82 Å². The number of nitrogens with two attached hydrogens (primary N) is 1.